The minimum Gasteiger partial charge on any atom is -0.497 e. The Morgan fingerprint density at radius 3 is 2.73 bits per heavy atom. The predicted octanol–water partition coefficient (Wildman–Crippen LogP) is 1.79. The molecule has 1 aromatic rings. The molecule has 15 heavy (non-hydrogen) atoms. The number of nitrogens with one attached hydrogen (secondary N) is 1. The van der Waals surface area contributed by atoms with E-state index < -0.39 is 0 Å². The first-order valence-corrected chi connectivity index (χ1v) is 4.75. The van der Waals surface area contributed by atoms with Gasteiger partial charge in [0.05, 0.1) is 12.9 Å². The summed E-state index contributed by atoms with van der Waals surface area (Å²) in [5.74, 6) is 1.61. The maximum atomic E-state index is 7.14. The van der Waals surface area contributed by atoms with E-state index in [2.05, 4.69) is 0 Å². The average molecular weight is 208 g/mol. The van der Waals surface area contributed by atoms with E-state index in [9.17, 15) is 0 Å². The van der Waals surface area contributed by atoms with Crippen LogP contribution in [0.2, 0.25) is 0 Å². The minimum absolute atomic E-state index is 0.102. The zero-order valence-corrected chi connectivity index (χ0v) is 8.99. The lowest BCUT2D eigenvalue weighted by atomic mass is 10.2. The molecule has 0 aliphatic carbocycles. The molecule has 3 N–H and O–H groups in total. The van der Waals surface area contributed by atoms with Gasteiger partial charge < -0.3 is 15.2 Å². The molecule has 0 radical (unpaired) electrons. The summed E-state index contributed by atoms with van der Waals surface area (Å²) < 4.78 is 10.6. The van der Waals surface area contributed by atoms with Gasteiger partial charge >= 0.3 is 0 Å². The number of amidine groups is 1. The van der Waals surface area contributed by atoms with Gasteiger partial charge in [0.1, 0.15) is 17.6 Å². The summed E-state index contributed by atoms with van der Waals surface area (Å²) in [5, 5.41) is 7.14. The largest absolute Gasteiger partial charge is 0.497 e. The second-order valence-electron chi connectivity index (χ2n) is 3.34. The molecule has 0 aliphatic rings. The second-order valence-corrected chi connectivity index (χ2v) is 3.34. The molecule has 82 valence electrons. The number of ether oxygens (including phenoxy) is 2. The van der Waals surface area contributed by atoms with Gasteiger partial charge in [-0.15, -0.1) is 0 Å². The monoisotopic (exact) mass is 208 g/mol. The summed E-state index contributed by atoms with van der Waals surface area (Å²) >= 11 is 0. The van der Waals surface area contributed by atoms with Gasteiger partial charge in [0.25, 0.3) is 0 Å². The van der Waals surface area contributed by atoms with Gasteiger partial charge in [-0.1, -0.05) is 6.07 Å². The molecule has 4 nitrogen and oxygen atoms in total. The van der Waals surface area contributed by atoms with Gasteiger partial charge in [-0.3, -0.25) is 5.41 Å². The summed E-state index contributed by atoms with van der Waals surface area (Å²) in [6.45, 7) is 1.88. The molecule has 1 unspecified atom stereocenters. The molecule has 1 rings (SSSR count). The van der Waals surface area contributed by atoms with E-state index in [-0.39, 0.29) is 11.9 Å². The van der Waals surface area contributed by atoms with Crippen molar-refractivity contribution in [3.8, 4) is 11.5 Å². The minimum atomic E-state index is -0.102. The molecule has 4 heteroatoms. The van der Waals surface area contributed by atoms with Crippen molar-refractivity contribution >= 4 is 5.84 Å². The number of hydrogen-bond acceptors (Lipinski definition) is 3. The van der Waals surface area contributed by atoms with Crippen molar-refractivity contribution in [1.29, 1.82) is 5.41 Å². The first-order valence-electron chi connectivity index (χ1n) is 4.75. The van der Waals surface area contributed by atoms with E-state index in [4.69, 9.17) is 20.6 Å². The zero-order valence-electron chi connectivity index (χ0n) is 8.99. The van der Waals surface area contributed by atoms with Gasteiger partial charge in [0.2, 0.25) is 0 Å². The lowest BCUT2D eigenvalue weighted by Crippen LogP contribution is -2.21. The maximum Gasteiger partial charge on any atom is 0.123 e. The number of benzene rings is 1. The third kappa shape index (κ3) is 3.89. The van der Waals surface area contributed by atoms with Crippen LogP contribution in [0.5, 0.6) is 11.5 Å². The Morgan fingerprint density at radius 1 is 1.47 bits per heavy atom. The fraction of sp³-hybridized carbons (Fsp3) is 0.364. The molecule has 0 heterocycles. The third-order valence-corrected chi connectivity index (χ3v) is 1.89. The Balaban J connectivity index is 2.59. The summed E-state index contributed by atoms with van der Waals surface area (Å²) in [6, 6.07) is 7.35. The Labute approximate surface area is 89.5 Å². The summed E-state index contributed by atoms with van der Waals surface area (Å²) in [6.07, 6.45) is 0.326. The van der Waals surface area contributed by atoms with E-state index in [0.717, 1.165) is 11.5 Å². The van der Waals surface area contributed by atoms with Crippen molar-refractivity contribution in [2.75, 3.05) is 7.11 Å². The van der Waals surface area contributed by atoms with E-state index in [1.54, 1.807) is 13.2 Å². The molecule has 1 aromatic carbocycles. The molecule has 0 spiro atoms. The Kier molecular flexibility index (Phi) is 3.97. The first kappa shape index (κ1) is 11.4. The van der Waals surface area contributed by atoms with Crippen LogP contribution in [0.4, 0.5) is 0 Å². The van der Waals surface area contributed by atoms with Gasteiger partial charge in [0.15, 0.2) is 0 Å². The number of nitrogens with two attached hydrogens (primary N) is 1. The second kappa shape index (κ2) is 5.24. The fourth-order valence-corrected chi connectivity index (χ4v) is 1.26. The Morgan fingerprint density at radius 2 is 2.13 bits per heavy atom. The standard InChI is InChI=1S/C11H16N2O2/c1-8(6-11(12)13)15-10-5-3-4-9(7-10)14-2/h3-5,7-8H,6H2,1-2H3,(H3,12,13). The highest BCUT2D eigenvalue weighted by Crippen LogP contribution is 2.20. The van der Waals surface area contributed by atoms with Crippen molar-refractivity contribution in [1.82, 2.24) is 0 Å². The van der Waals surface area contributed by atoms with Crippen LogP contribution in [-0.2, 0) is 0 Å². The topological polar surface area (TPSA) is 68.3 Å². The third-order valence-electron chi connectivity index (χ3n) is 1.89. The van der Waals surface area contributed by atoms with Crippen molar-refractivity contribution in [3.63, 3.8) is 0 Å². The van der Waals surface area contributed by atoms with Gasteiger partial charge in [-0.2, -0.15) is 0 Å². The van der Waals surface area contributed by atoms with Crippen LogP contribution in [0, 0.1) is 5.41 Å². The van der Waals surface area contributed by atoms with Gasteiger partial charge in [-0.25, -0.2) is 0 Å². The number of methoxy groups -OCH3 is 1. The van der Waals surface area contributed by atoms with Crippen LogP contribution in [0.1, 0.15) is 13.3 Å². The quantitative estimate of drug-likeness (QED) is 0.572. The SMILES string of the molecule is COc1cccc(OC(C)CC(=N)N)c1. The Bertz CT molecular complexity index is 339. The van der Waals surface area contributed by atoms with E-state index in [1.807, 2.05) is 25.1 Å². The normalized spacial score (nSPS) is 11.9. The summed E-state index contributed by atoms with van der Waals surface area (Å²) in [5.41, 5.74) is 5.28. The fourth-order valence-electron chi connectivity index (χ4n) is 1.26. The molecular weight excluding hydrogens is 192 g/mol. The summed E-state index contributed by atoms with van der Waals surface area (Å²) in [7, 11) is 1.61. The Hall–Kier alpha value is -1.71. The first-order chi connectivity index (χ1) is 7.11. The smallest absolute Gasteiger partial charge is 0.123 e. The molecule has 0 saturated carbocycles. The van der Waals surface area contributed by atoms with E-state index >= 15 is 0 Å². The molecule has 0 bridgehead atoms. The molecule has 1 atom stereocenters. The van der Waals surface area contributed by atoms with Crippen LogP contribution in [0.15, 0.2) is 24.3 Å². The van der Waals surface area contributed by atoms with Crippen molar-refractivity contribution in [3.05, 3.63) is 24.3 Å². The zero-order chi connectivity index (χ0) is 11.3. The van der Waals surface area contributed by atoms with E-state index in [1.165, 1.54) is 0 Å². The van der Waals surface area contributed by atoms with Crippen molar-refractivity contribution in [2.24, 2.45) is 5.73 Å². The lowest BCUT2D eigenvalue weighted by Gasteiger charge is -2.14. The number of rotatable bonds is 5. The highest BCUT2D eigenvalue weighted by molar-refractivity contribution is 5.77. The molecule has 0 aliphatic heterocycles. The maximum absolute atomic E-state index is 7.14. The van der Waals surface area contributed by atoms with Crippen molar-refractivity contribution < 1.29 is 9.47 Å². The summed E-state index contributed by atoms with van der Waals surface area (Å²) in [4.78, 5) is 0. The molecule has 0 saturated heterocycles. The van der Waals surface area contributed by atoms with Crippen LogP contribution >= 0.6 is 0 Å². The molecule has 0 fully saturated rings. The van der Waals surface area contributed by atoms with Crippen molar-refractivity contribution in [2.45, 2.75) is 19.4 Å². The average Bonchev–Trinajstić information content (AvgIpc) is 2.16. The predicted molar refractivity (Wildman–Crippen MR) is 59.6 cm³/mol. The number of hydrogen-bond donors (Lipinski definition) is 2. The molecule has 0 amide bonds. The van der Waals surface area contributed by atoms with E-state index in [0.29, 0.717) is 6.42 Å². The molecule has 0 aromatic heterocycles. The van der Waals surface area contributed by atoms with Crippen LogP contribution in [0.3, 0.4) is 0 Å². The lowest BCUT2D eigenvalue weighted by molar-refractivity contribution is 0.228. The van der Waals surface area contributed by atoms with Crippen LogP contribution in [0.25, 0.3) is 0 Å². The van der Waals surface area contributed by atoms with Gasteiger partial charge in [-0.05, 0) is 19.1 Å². The van der Waals surface area contributed by atoms with Crippen LogP contribution < -0.4 is 15.2 Å². The van der Waals surface area contributed by atoms with Gasteiger partial charge in [0, 0.05) is 12.5 Å². The molecular formula is C11H16N2O2. The highest BCUT2D eigenvalue weighted by Gasteiger charge is 2.05. The highest BCUT2D eigenvalue weighted by atomic mass is 16.5. The van der Waals surface area contributed by atoms with Crippen LogP contribution in [-0.4, -0.2) is 19.0 Å².